The molecule has 1 aliphatic rings. The van der Waals surface area contributed by atoms with E-state index >= 15 is 0 Å². The van der Waals surface area contributed by atoms with Crippen LogP contribution in [0.15, 0.2) is 30.3 Å². The van der Waals surface area contributed by atoms with Gasteiger partial charge in [-0.25, -0.2) is 0 Å². The van der Waals surface area contributed by atoms with E-state index in [9.17, 15) is 0 Å². The summed E-state index contributed by atoms with van der Waals surface area (Å²) in [5.41, 5.74) is 1.02. The summed E-state index contributed by atoms with van der Waals surface area (Å²) in [6, 6.07) is 10.5. The molecule has 2 atom stereocenters. The highest BCUT2D eigenvalue weighted by Crippen LogP contribution is 2.25. The predicted octanol–water partition coefficient (Wildman–Crippen LogP) is 2.84. The van der Waals surface area contributed by atoms with Crippen LogP contribution < -0.4 is 0 Å². The first-order chi connectivity index (χ1) is 7.70. The molecule has 16 heavy (non-hydrogen) atoms. The lowest BCUT2D eigenvalue weighted by Gasteiger charge is -2.39. The first-order valence-electron chi connectivity index (χ1n) is 5.72. The molecule has 1 saturated heterocycles. The quantitative estimate of drug-likeness (QED) is 0.597. The number of nitrogens with zero attached hydrogens (tertiary/aromatic N) is 1. The zero-order valence-corrected chi connectivity index (χ0v) is 10.6. The lowest BCUT2D eigenvalue weighted by atomic mass is 10.1. The number of hydrogen-bond donors (Lipinski definition) is 1. The van der Waals surface area contributed by atoms with Gasteiger partial charge in [0.15, 0.2) is 0 Å². The van der Waals surface area contributed by atoms with Crippen molar-refractivity contribution >= 4 is 17.6 Å². The van der Waals surface area contributed by atoms with Crippen molar-refractivity contribution in [3.05, 3.63) is 35.9 Å². The monoisotopic (exact) mass is 234 g/mol. The summed E-state index contributed by atoms with van der Waals surface area (Å²) in [4.78, 5) is 2.22. The molecule has 0 saturated carbocycles. The fourth-order valence-electron chi connectivity index (χ4n) is 2.01. The van der Waals surface area contributed by atoms with E-state index in [4.69, 9.17) is 5.41 Å². The Kier molecular flexibility index (Phi) is 3.54. The van der Waals surface area contributed by atoms with Crippen molar-refractivity contribution in [2.75, 3.05) is 12.3 Å². The molecule has 0 bridgehead atoms. The second kappa shape index (κ2) is 4.91. The molecule has 0 amide bonds. The smallest absolute Gasteiger partial charge is 0.128 e. The van der Waals surface area contributed by atoms with Gasteiger partial charge in [-0.1, -0.05) is 37.3 Å². The zero-order valence-electron chi connectivity index (χ0n) is 9.81. The maximum atomic E-state index is 8.26. The third-order valence-corrected chi connectivity index (χ3v) is 4.56. The van der Waals surface area contributed by atoms with E-state index in [1.807, 2.05) is 42.1 Å². The molecular formula is C13H18N2S. The molecule has 0 aromatic heterocycles. The van der Waals surface area contributed by atoms with Gasteiger partial charge in [-0.15, -0.1) is 0 Å². The summed E-state index contributed by atoms with van der Waals surface area (Å²) in [5.74, 6) is 1.79. The summed E-state index contributed by atoms with van der Waals surface area (Å²) >= 11 is 2.00. The average Bonchev–Trinajstić information content (AvgIpc) is 2.33. The highest BCUT2D eigenvalue weighted by Gasteiger charge is 2.27. The molecular weight excluding hydrogens is 216 g/mol. The Labute approximate surface area is 102 Å². The topological polar surface area (TPSA) is 27.1 Å². The van der Waals surface area contributed by atoms with Gasteiger partial charge in [-0.2, -0.15) is 11.8 Å². The van der Waals surface area contributed by atoms with Crippen molar-refractivity contribution in [1.29, 1.82) is 5.41 Å². The number of nitrogens with one attached hydrogen (secondary N) is 1. The number of benzene rings is 1. The largest absolute Gasteiger partial charge is 0.352 e. The SMILES string of the molecule is CC1SCCN(C(=N)c2ccccc2)C1C. The molecule has 1 aromatic carbocycles. The third-order valence-electron chi connectivity index (χ3n) is 3.22. The lowest BCUT2D eigenvalue weighted by molar-refractivity contribution is 0.333. The Bertz CT molecular complexity index is 363. The van der Waals surface area contributed by atoms with Crippen LogP contribution >= 0.6 is 11.8 Å². The molecule has 1 heterocycles. The summed E-state index contributed by atoms with van der Waals surface area (Å²) in [5, 5.41) is 8.87. The molecule has 1 N–H and O–H groups in total. The van der Waals surface area contributed by atoms with Crippen molar-refractivity contribution < 1.29 is 0 Å². The maximum absolute atomic E-state index is 8.26. The van der Waals surface area contributed by atoms with Crippen LogP contribution in [0.2, 0.25) is 0 Å². The third kappa shape index (κ3) is 2.24. The highest BCUT2D eigenvalue weighted by molar-refractivity contribution is 8.00. The fourth-order valence-corrected chi connectivity index (χ4v) is 3.11. The standard InChI is InChI=1S/C13H18N2S/c1-10-11(2)16-9-8-15(10)13(14)12-6-4-3-5-7-12/h3-7,10-11,14H,8-9H2,1-2H3. The Morgan fingerprint density at radius 1 is 1.31 bits per heavy atom. The molecule has 2 unspecified atom stereocenters. The van der Waals surface area contributed by atoms with Crippen molar-refractivity contribution in [2.45, 2.75) is 25.1 Å². The van der Waals surface area contributed by atoms with E-state index in [0.29, 0.717) is 17.1 Å². The minimum Gasteiger partial charge on any atom is -0.352 e. The number of hydrogen-bond acceptors (Lipinski definition) is 2. The van der Waals surface area contributed by atoms with Crippen LogP contribution in [0.1, 0.15) is 19.4 Å². The van der Waals surface area contributed by atoms with Gasteiger partial charge in [-0.05, 0) is 6.92 Å². The van der Waals surface area contributed by atoms with Crippen molar-refractivity contribution in [3.63, 3.8) is 0 Å². The molecule has 1 fully saturated rings. The summed E-state index contributed by atoms with van der Waals surface area (Å²) in [7, 11) is 0. The minimum absolute atomic E-state index is 0.450. The van der Waals surface area contributed by atoms with Crippen LogP contribution in [0.3, 0.4) is 0 Å². The minimum atomic E-state index is 0.450. The Morgan fingerprint density at radius 3 is 2.69 bits per heavy atom. The van der Waals surface area contributed by atoms with Crippen LogP contribution in [0.25, 0.3) is 0 Å². The fraction of sp³-hybridized carbons (Fsp3) is 0.462. The Balaban J connectivity index is 2.15. The van der Waals surface area contributed by atoms with Crippen molar-refractivity contribution in [2.24, 2.45) is 0 Å². The molecule has 0 radical (unpaired) electrons. The molecule has 86 valence electrons. The number of thioether (sulfide) groups is 1. The second-order valence-corrected chi connectivity index (χ2v) is 5.71. The van der Waals surface area contributed by atoms with E-state index in [1.54, 1.807) is 0 Å². The van der Waals surface area contributed by atoms with Crippen molar-refractivity contribution in [1.82, 2.24) is 4.90 Å². The van der Waals surface area contributed by atoms with Gasteiger partial charge in [0.05, 0.1) is 0 Å². The summed E-state index contributed by atoms with van der Waals surface area (Å²) in [6.45, 7) is 5.46. The summed E-state index contributed by atoms with van der Waals surface area (Å²) < 4.78 is 0. The van der Waals surface area contributed by atoms with Gasteiger partial charge in [0.25, 0.3) is 0 Å². The number of rotatable bonds is 1. The molecule has 0 aliphatic carbocycles. The first kappa shape index (κ1) is 11.5. The van der Waals surface area contributed by atoms with Gasteiger partial charge in [0.2, 0.25) is 0 Å². The van der Waals surface area contributed by atoms with Crippen LogP contribution in [-0.4, -0.2) is 34.3 Å². The van der Waals surface area contributed by atoms with E-state index in [0.717, 1.165) is 17.9 Å². The van der Waals surface area contributed by atoms with Gasteiger partial charge in [0.1, 0.15) is 5.84 Å². The van der Waals surface area contributed by atoms with Gasteiger partial charge >= 0.3 is 0 Å². The van der Waals surface area contributed by atoms with E-state index in [1.165, 1.54) is 0 Å². The average molecular weight is 234 g/mol. The van der Waals surface area contributed by atoms with E-state index in [-0.39, 0.29) is 0 Å². The molecule has 2 rings (SSSR count). The molecule has 0 spiro atoms. The predicted molar refractivity (Wildman–Crippen MR) is 71.4 cm³/mol. The van der Waals surface area contributed by atoms with Gasteiger partial charge in [0, 0.05) is 29.2 Å². The molecule has 1 aliphatic heterocycles. The lowest BCUT2D eigenvalue weighted by Crippen LogP contribution is -2.47. The van der Waals surface area contributed by atoms with E-state index < -0.39 is 0 Å². The molecule has 3 heteroatoms. The Morgan fingerprint density at radius 2 is 2.00 bits per heavy atom. The first-order valence-corrected chi connectivity index (χ1v) is 6.77. The van der Waals surface area contributed by atoms with E-state index in [2.05, 4.69) is 18.7 Å². The molecule has 2 nitrogen and oxygen atoms in total. The van der Waals surface area contributed by atoms with Crippen LogP contribution in [-0.2, 0) is 0 Å². The van der Waals surface area contributed by atoms with Crippen LogP contribution in [0.5, 0.6) is 0 Å². The van der Waals surface area contributed by atoms with Crippen LogP contribution in [0, 0.1) is 5.41 Å². The highest BCUT2D eigenvalue weighted by atomic mass is 32.2. The van der Waals surface area contributed by atoms with Crippen LogP contribution in [0.4, 0.5) is 0 Å². The van der Waals surface area contributed by atoms with Gasteiger partial charge in [-0.3, -0.25) is 5.41 Å². The number of amidine groups is 1. The zero-order chi connectivity index (χ0) is 11.5. The maximum Gasteiger partial charge on any atom is 0.128 e. The normalized spacial score (nSPS) is 25.5. The molecule has 1 aromatic rings. The van der Waals surface area contributed by atoms with Gasteiger partial charge < -0.3 is 4.90 Å². The Hall–Kier alpha value is -0.960. The summed E-state index contributed by atoms with van der Waals surface area (Å²) in [6.07, 6.45) is 0. The second-order valence-electron chi connectivity index (χ2n) is 4.22. The van der Waals surface area contributed by atoms with Crippen molar-refractivity contribution in [3.8, 4) is 0 Å².